The fourth-order valence-corrected chi connectivity index (χ4v) is 3.09. The highest BCUT2D eigenvalue weighted by atomic mass is 16.7. The van der Waals surface area contributed by atoms with Gasteiger partial charge in [0.1, 0.15) is 17.4 Å². The summed E-state index contributed by atoms with van der Waals surface area (Å²) in [7, 11) is 0. The molecule has 0 bridgehead atoms. The molecule has 0 radical (unpaired) electrons. The van der Waals surface area contributed by atoms with Crippen molar-refractivity contribution in [2.75, 3.05) is 13.4 Å². The molecule has 7 nitrogen and oxygen atoms in total. The molecular formula is C19H20N2O5. The molecule has 3 rings (SSSR count). The molecule has 1 unspecified atom stereocenters. The Morgan fingerprint density at radius 1 is 1.35 bits per heavy atom. The van der Waals surface area contributed by atoms with Gasteiger partial charge in [0, 0.05) is 6.42 Å². The normalized spacial score (nSPS) is 18.4. The zero-order valence-electron chi connectivity index (χ0n) is 14.7. The van der Waals surface area contributed by atoms with Gasteiger partial charge >= 0.3 is 5.97 Å². The van der Waals surface area contributed by atoms with E-state index in [-0.39, 0.29) is 24.9 Å². The highest BCUT2D eigenvalue weighted by Gasteiger charge is 2.37. The lowest BCUT2D eigenvalue weighted by molar-refractivity contribution is -0.139. The number of hydrogen-bond donors (Lipinski definition) is 1. The van der Waals surface area contributed by atoms with Crippen LogP contribution in [-0.2, 0) is 14.3 Å². The molecule has 0 amide bonds. The molecule has 0 spiro atoms. The van der Waals surface area contributed by atoms with Crippen molar-refractivity contribution in [2.45, 2.75) is 32.6 Å². The number of fused-ring (bicyclic) bond motifs is 1. The van der Waals surface area contributed by atoms with Gasteiger partial charge in [-0.3, -0.25) is 0 Å². The maximum atomic E-state index is 12.7. The predicted octanol–water partition coefficient (Wildman–Crippen LogP) is 2.84. The Balaban J connectivity index is 2.15. The zero-order valence-corrected chi connectivity index (χ0v) is 14.7. The van der Waals surface area contributed by atoms with Gasteiger partial charge in [0.05, 0.1) is 18.1 Å². The minimum Gasteiger partial charge on any atom is -0.463 e. The smallest absolute Gasteiger partial charge is 0.338 e. The summed E-state index contributed by atoms with van der Waals surface area (Å²) in [5.74, 6) is 0.427. The van der Waals surface area contributed by atoms with Crippen molar-refractivity contribution in [1.29, 1.82) is 5.26 Å². The number of ether oxygens (including phenoxy) is 4. The third kappa shape index (κ3) is 3.06. The summed E-state index contributed by atoms with van der Waals surface area (Å²) in [5.41, 5.74) is 7.15. The maximum Gasteiger partial charge on any atom is 0.338 e. The molecule has 0 saturated heterocycles. The van der Waals surface area contributed by atoms with Gasteiger partial charge in [0.15, 0.2) is 11.5 Å². The maximum absolute atomic E-state index is 12.7. The molecule has 1 atom stereocenters. The Hall–Kier alpha value is -3.14. The summed E-state index contributed by atoms with van der Waals surface area (Å²) in [5, 5.41) is 9.63. The first-order chi connectivity index (χ1) is 12.6. The van der Waals surface area contributed by atoms with Crippen molar-refractivity contribution in [1.82, 2.24) is 0 Å². The van der Waals surface area contributed by atoms with Crippen molar-refractivity contribution in [3.8, 4) is 17.6 Å². The van der Waals surface area contributed by atoms with E-state index in [1.807, 2.05) is 6.92 Å². The number of nitrogens with two attached hydrogens (primary N) is 1. The van der Waals surface area contributed by atoms with Gasteiger partial charge in [-0.15, -0.1) is 0 Å². The average molecular weight is 356 g/mol. The SMILES string of the molecule is CCCC1=C(C(=O)OCC)C(c2ccc3c(c2)OCO3)C(C#N)=C(N)O1. The van der Waals surface area contributed by atoms with Gasteiger partial charge in [-0.2, -0.15) is 5.26 Å². The van der Waals surface area contributed by atoms with Crippen molar-refractivity contribution in [3.05, 3.63) is 46.6 Å². The largest absolute Gasteiger partial charge is 0.463 e. The first-order valence-electron chi connectivity index (χ1n) is 8.47. The second-order valence-corrected chi connectivity index (χ2v) is 5.84. The van der Waals surface area contributed by atoms with E-state index in [4.69, 9.17) is 24.7 Å². The van der Waals surface area contributed by atoms with Gasteiger partial charge in [0.2, 0.25) is 12.7 Å². The van der Waals surface area contributed by atoms with Crippen molar-refractivity contribution < 1.29 is 23.7 Å². The van der Waals surface area contributed by atoms with Crippen LogP contribution in [0.5, 0.6) is 11.5 Å². The molecule has 1 aromatic carbocycles. The third-order valence-corrected chi connectivity index (χ3v) is 4.20. The molecule has 0 saturated carbocycles. The molecule has 0 aromatic heterocycles. The van der Waals surface area contributed by atoms with E-state index >= 15 is 0 Å². The molecule has 2 aliphatic heterocycles. The topological polar surface area (TPSA) is 104 Å². The standard InChI is InChI=1S/C19H20N2O5/c1-3-5-14-17(19(22)23-4-2)16(12(9-20)18(21)26-14)11-6-7-13-15(8-11)25-10-24-13/h6-8,16H,3-5,10,21H2,1-2H3. The van der Waals surface area contributed by atoms with E-state index in [0.29, 0.717) is 34.8 Å². The molecule has 136 valence electrons. The van der Waals surface area contributed by atoms with E-state index in [9.17, 15) is 10.1 Å². The molecule has 2 N–H and O–H groups in total. The molecule has 0 fully saturated rings. The van der Waals surface area contributed by atoms with Gasteiger partial charge in [-0.25, -0.2) is 4.79 Å². The lowest BCUT2D eigenvalue weighted by atomic mass is 9.82. The van der Waals surface area contributed by atoms with Crippen molar-refractivity contribution in [2.24, 2.45) is 5.73 Å². The van der Waals surface area contributed by atoms with Crippen LogP contribution < -0.4 is 15.2 Å². The molecule has 1 aromatic rings. The summed E-state index contributed by atoms with van der Waals surface area (Å²) >= 11 is 0. The molecule has 2 heterocycles. The first-order valence-corrected chi connectivity index (χ1v) is 8.47. The van der Waals surface area contributed by atoms with Crippen molar-refractivity contribution in [3.63, 3.8) is 0 Å². The Kier molecular flexibility index (Phi) is 5.03. The van der Waals surface area contributed by atoms with Crippen LogP contribution in [0.15, 0.2) is 41.0 Å². The molecule has 0 aliphatic carbocycles. The highest BCUT2D eigenvalue weighted by molar-refractivity contribution is 5.92. The van der Waals surface area contributed by atoms with E-state index in [1.165, 1.54) is 0 Å². The summed E-state index contributed by atoms with van der Waals surface area (Å²) in [6.07, 6.45) is 1.26. The van der Waals surface area contributed by atoms with Crippen LogP contribution >= 0.6 is 0 Å². The Labute approximate surface area is 151 Å². The van der Waals surface area contributed by atoms with Gasteiger partial charge < -0.3 is 24.7 Å². The second kappa shape index (κ2) is 7.40. The molecule has 2 aliphatic rings. The Bertz CT molecular complexity index is 835. The monoisotopic (exact) mass is 356 g/mol. The first kappa shape index (κ1) is 17.7. The summed E-state index contributed by atoms with van der Waals surface area (Å²) in [4.78, 5) is 12.7. The van der Waals surface area contributed by atoms with Gasteiger partial charge in [0.25, 0.3) is 0 Å². The lowest BCUT2D eigenvalue weighted by Crippen LogP contribution is -2.26. The van der Waals surface area contributed by atoms with Crippen molar-refractivity contribution >= 4 is 5.97 Å². The Morgan fingerprint density at radius 2 is 2.12 bits per heavy atom. The van der Waals surface area contributed by atoms with E-state index in [2.05, 4.69) is 6.07 Å². The molecule has 7 heteroatoms. The van der Waals surface area contributed by atoms with Crippen LogP contribution in [0.1, 0.15) is 38.2 Å². The van der Waals surface area contributed by atoms with Crippen LogP contribution in [-0.4, -0.2) is 19.4 Å². The van der Waals surface area contributed by atoms with E-state index in [0.717, 1.165) is 6.42 Å². The van der Waals surface area contributed by atoms with E-state index < -0.39 is 11.9 Å². The highest BCUT2D eigenvalue weighted by Crippen LogP contribution is 2.43. The number of benzene rings is 1. The number of carbonyl (C=O) groups is 1. The third-order valence-electron chi connectivity index (χ3n) is 4.20. The summed E-state index contributed by atoms with van der Waals surface area (Å²) < 4.78 is 21.6. The molecular weight excluding hydrogens is 336 g/mol. The average Bonchev–Trinajstić information content (AvgIpc) is 3.09. The van der Waals surface area contributed by atoms with Gasteiger partial charge in [-0.1, -0.05) is 13.0 Å². The number of nitriles is 1. The fraction of sp³-hybridized carbons (Fsp3) is 0.368. The summed E-state index contributed by atoms with van der Waals surface area (Å²) in [6.45, 7) is 4.05. The number of rotatable bonds is 5. The molecule has 26 heavy (non-hydrogen) atoms. The number of nitrogens with zero attached hydrogens (tertiary/aromatic N) is 1. The van der Waals surface area contributed by atoms with Crippen LogP contribution in [0.4, 0.5) is 0 Å². The fourth-order valence-electron chi connectivity index (χ4n) is 3.09. The predicted molar refractivity (Wildman–Crippen MR) is 91.8 cm³/mol. The van der Waals surface area contributed by atoms with Crippen LogP contribution in [0.3, 0.4) is 0 Å². The van der Waals surface area contributed by atoms with Crippen LogP contribution in [0, 0.1) is 11.3 Å². The quantitative estimate of drug-likeness (QED) is 0.809. The second-order valence-electron chi connectivity index (χ2n) is 5.84. The minimum absolute atomic E-state index is 0.00617. The lowest BCUT2D eigenvalue weighted by Gasteiger charge is -2.28. The number of carbonyl (C=O) groups excluding carboxylic acids is 1. The van der Waals surface area contributed by atoms with Crippen LogP contribution in [0.2, 0.25) is 0 Å². The minimum atomic E-state index is -0.677. The van der Waals surface area contributed by atoms with Gasteiger partial charge in [-0.05, 0) is 31.0 Å². The number of hydrogen-bond acceptors (Lipinski definition) is 7. The number of allylic oxidation sites excluding steroid dienone is 2. The number of esters is 1. The Morgan fingerprint density at radius 3 is 2.81 bits per heavy atom. The summed E-state index contributed by atoms with van der Waals surface area (Å²) in [6, 6.07) is 7.37. The van der Waals surface area contributed by atoms with Crippen LogP contribution in [0.25, 0.3) is 0 Å². The van der Waals surface area contributed by atoms with E-state index in [1.54, 1.807) is 25.1 Å². The zero-order chi connectivity index (χ0) is 18.7.